The van der Waals surface area contributed by atoms with E-state index >= 15 is 0 Å². The van der Waals surface area contributed by atoms with Gasteiger partial charge in [-0.2, -0.15) is 13.2 Å². The fraction of sp³-hybridized carbons (Fsp3) is 0.133. The number of aryl methyl sites for hydroxylation is 1. The standard InChI is InChI=1S/C15H10F3N7S/c1-6-24-25-13(26-6)10-3-2-7-8(4-20-12(7)22-10)11-9(15(16,17)18)5-21-14(19)23-11/h2-5H,1H3,(H,20,22)(H2,19,21,23). The van der Waals surface area contributed by atoms with Crippen molar-refractivity contribution < 1.29 is 13.2 Å². The Morgan fingerprint density at radius 3 is 2.65 bits per heavy atom. The zero-order valence-electron chi connectivity index (χ0n) is 13.2. The molecule has 26 heavy (non-hydrogen) atoms. The molecular weight excluding hydrogens is 367 g/mol. The minimum Gasteiger partial charge on any atom is -0.368 e. The maximum Gasteiger partial charge on any atom is 0.419 e. The number of anilines is 1. The molecule has 11 heteroatoms. The van der Waals surface area contributed by atoms with Crippen LogP contribution in [0.15, 0.2) is 24.5 Å². The summed E-state index contributed by atoms with van der Waals surface area (Å²) < 4.78 is 39.9. The van der Waals surface area contributed by atoms with Gasteiger partial charge >= 0.3 is 6.18 Å². The van der Waals surface area contributed by atoms with E-state index in [1.807, 2.05) is 6.92 Å². The number of halogens is 3. The van der Waals surface area contributed by atoms with Crippen molar-refractivity contribution in [3.05, 3.63) is 35.1 Å². The number of H-pyrrole nitrogens is 1. The molecule has 0 aliphatic heterocycles. The number of fused-ring (bicyclic) bond motifs is 1. The second-order valence-electron chi connectivity index (χ2n) is 5.41. The van der Waals surface area contributed by atoms with Crippen molar-refractivity contribution >= 4 is 28.3 Å². The van der Waals surface area contributed by atoms with Gasteiger partial charge in [0.2, 0.25) is 5.95 Å². The molecule has 0 aliphatic rings. The smallest absolute Gasteiger partial charge is 0.368 e. The number of pyridine rings is 1. The first-order valence-electron chi connectivity index (χ1n) is 7.31. The van der Waals surface area contributed by atoms with Crippen molar-refractivity contribution in [3.63, 3.8) is 0 Å². The summed E-state index contributed by atoms with van der Waals surface area (Å²) in [6.45, 7) is 1.82. The number of nitrogens with one attached hydrogen (secondary N) is 1. The second kappa shape index (κ2) is 5.73. The van der Waals surface area contributed by atoms with E-state index in [2.05, 4.69) is 30.1 Å². The monoisotopic (exact) mass is 377 g/mol. The van der Waals surface area contributed by atoms with Gasteiger partial charge in [0.15, 0.2) is 5.01 Å². The average molecular weight is 377 g/mol. The number of hydrogen-bond donors (Lipinski definition) is 2. The first-order chi connectivity index (χ1) is 12.3. The van der Waals surface area contributed by atoms with Crippen LogP contribution in [0.2, 0.25) is 0 Å². The van der Waals surface area contributed by atoms with Gasteiger partial charge in [0.05, 0.1) is 5.69 Å². The van der Waals surface area contributed by atoms with Crippen LogP contribution in [-0.2, 0) is 6.18 Å². The zero-order valence-corrected chi connectivity index (χ0v) is 14.0. The van der Waals surface area contributed by atoms with Gasteiger partial charge in [0, 0.05) is 23.3 Å². The van der Waals surface area contributed by atoms with Crippen molar-refractivity contribution in [2.75, 3.05) is 5.73 Å². The predicted molar refractivity (Wildman–Crippen MR) is 90.2 cm³/mol. The fourth-order valence-electron chi connectivity index (χ4n) is 2.53. The minimum absolute atomic E-state index is 0.240. The lowest BCUT2D eigenvalue weighted by Crippen LogP contribution is -2.10. The fourth-order valence-corrected chi connectivity index (χ4v) is 3.19. The molecule has 3 N–H and O–H groups in total. The second-order valence-corrected chi connectivity index (χ2v) is 6.59. The molecule has 0 saturated heterocycles. The highest BCUT2D eigenvalue weighted by atomic mass is 32.1. The number of aromatic amines is 1. The third-order valence-electron chi connectivity index (χ3n) is 3.65. The Labute approximate surface area is 148 Å². The molecule has 0 bridgehead atoms. The van der Waals surface area contributed by atoms with Crippen LogP contribution >= 0.6 is 11.3 Å². The van der Waals surface area contributed by atoms with E-state index in [0.29, 0.717) is 27.9 Å². The van der Waals surface area contributed by atoms with Gasteiger partial charge in [-0.25, -0.2) is 15.0 Å². The van der Waals surface area contributed by atoms with Crippen LogP contribution in [0.25, 0.3) is 33.0 Å². The molecule has 0 radical (unpaired) electrons. The molecule has 0 amide bonds. The molecule has 0 fully saturated rings. The molecule has 4 heterocycles. The lowest BCUT2D eigenvalue weighted by Gasteiger charge is -2.11. The van der Waals surface area contributed by atoms with E-state index in [4.69, 9.17) is 5.73 Å². The molecule has 0 atom stereocenters. The van der Waals surface area contributed by atoms with Crippen LogP contribution in [0, 0.1) is 6.92 Å². The normalized spacial score (nSPS) is 12.0. The van der Waals surface area contributed by atoms with Crippen molar-refractivity contribution in [3.8, 4) is 22.0 Å². The van der Waals surface area contributed by atoms with E-state index in [1.54, 1.807) is 12.1 Å². The van der Waals surface area contributed by atoms with E-state index in [9.17, 15) is 13.2 Å². The lowest BCUT2D eigenvalue weighted by atomic mass is 10.1. The van der Waals surface area contributed by atoms with Gasteiger partial charge in [-0.15, -0.1) is 10.2 Å². The lowest BCUT2D eigenvalue weighted by molar-refractivity contribution is -0.137. The Bertz CT molecular complexity index is 1120. The van der Waals surface area contributed by atoms with Gasteiger partial charge in [0.1, 0.15) is 21.9 Å². The molecule has 0 spiro atoms. The molecule has 0 unspecified atom stereocenters. The highest BCUT2D eigenvalue weighted by Gasteiger charge is 2.36. The molecular formula is C15H10F3N7S. The summed E-state index contributed by atoms with van der Waals surface area (Å²) in [7, 11) is 0. The van der Waals surface area contributed by atoms with Gasteiger partial charge in [-0.05, 0) is 19.1 Å². The molecule has 132 valence electrons. The molecule has 0 saturated carbocycles. The summed E-state index contributed by atoms with van der Waals surface area (Å²) in [6.07, 6.45) is -2.50. The third-order valence-corrected chi connectivity index (χ3v) is 4.51. The Hall–Kier alpha value is -3.08. The third kappa shape index (κ3) is 2.75. The highest BCUT2D eigenvalue weighted by molar-refractivity contribution is 7.14. The van der Waals surface area contributed by atoms with Crippen LogP contribution < -0.4 is 5.73 Å². The van der Waals surface area contributed by atoms with Crippen molar-refractivity contribution in [1.82, 2.24) is 30.1 Å². The Morgan fingerprint density at radius 1 is 1.15 bits per heavy atom. The van der Waals surface area contributed by atoms with Crippen LogP contribution in [0.3, 0.4) is 0 Å². The van der Waals surface area contributed by atoms with E-state index in [1.165, 1.54) is 17.5 Å². The van der Waals surface area contributed by atoms with Crippen LogP contribution in [0.4, 0.5) is 19.1 Å². The number of nitrogens with two attached hydrogens (primary N) is 1. The van der Waals surface area contributed by atoms with Gasteiger partial charge < -0.3 is 10.7 Å². The number of rotatable bonds is 2. The van der Waals surface area contributed by atoms with Crippen molar-refractivity contribution in [2.24, 2.45) is 0 Å². The highest BCUT2D eigenvalue weighted by Crippen LogP contribution is 2.38. The quantitative estimate of drug-likeness (QED) is 0.554. The molecule has 0 aromatic carbocycles. The summed E-state index contributed by atoms with van der Waals surface area (Å²) in [6, 6.07) is 3.34. The number of hydrogen-bond acceptors (Lipinski definition) is 7. The maximum atomic E-state index is 13.3. The molecule has 4 aromatic heterocycles. The predicted octanol–water partition coefficient (Wildman–Crippen LogP) is 3.45. The topological polar surface area (TPSA) is 106 Å². The summed E-state index contributed by atoms with van der Waals surface area (Å²) >= 11 is 1.38. The summed E-state index contributed by atoms with van der Waals surface area (Å²) in [5, 5.41) is 9.86. The van der Waals surface area contributed by atoms with Crippen molar-refractivity contribution in [2.45, 2.75) is 13.1 Å². The van der Waals surface area contributed by atoms with Gasteiger partial charge in [-0.1, -0.05) is 11.3 Å². The summed E-state index contributed by atoms with van der Waals surface area (Å²) in [5.41, 5.74) is 5.47. The Morgan fingerprint density at radius 2 is 1.96 bits per heavy atom. The minimum atomic E-state index is -4.61. The molecule has 7 nitrogen and oxygen atoms in total. The Kier molecular flexibility index (Phi) is 3.61. The van der Waals surface area contributed by atoms with Crippen molar-refractivity contribution in [1.29, 1.82) is 0 Å². The first kappa shape index (κ1) is 16.4. The Balaban J connectivity index is 1.88. The SMILES string of the molecule is Cc1nnc(-c2ccc3c(-c4nc(N)ncc4C(F)(F)F)c[nH]c3n2)s1. The van der Waals surface area contributed by atoms with E-state index < -0.39 is 11.7 Å². The van der Waals surface area contributed by atoms with Crippen LogP contribution in [0.5, 0.6) is 0 Å². The van der Waals surface area contributed by atoms with Crippen LogP contribution in [0.1, 0.15) is 10.6 Å². The molecule has 4 aromatic rings. The number of aromatic nitrogens is 6. The summed E-state index contributed by atoms with van der Waals surface area (Å²) in [4.78, 5) is 14.5. The number of alkyl halides is 3. The average Bonchev–Trinajstić information content (AvgIpc) is 3.19. The van der Waals surface area contributed by atoms with Crippen LogP contribution in [-0.4, -0.2) is 30.1 Å². The van der Waals surface area contributed by atoms with Gasteiger partial charge in [0.25, 0.3) is 0 Å². The zero-order chi connectivity index (χ0) is 18.5. The molecule has 0 aliphatic carbocycles. The largest absolute Gasteiger partial charge is 0.419 e. The molecule has 4 rings (SSSR count). The number of nitrogen functional groups attached to an aromatic ring is 1. The maximum absolute atomic E-state index is 13.3. The number of nitrogens with zero attached hydrogens (tertiary/aromatic N) is 5. The first-order valence-corrected chi connectivity index (χ1v) is 8.13. The van der Waals surface area contributed by atoms with E-state index in [0.717, 1.165) is 5.01 Å². The van der Waals surface area contributed by atoms with E-state index in [-0.39, 0.29) is 17.2 Å². The van der Waals surface area contributed by atoms with Gasteiger partial charge in [-0.3, -0.25) is 0 Å². The summed E-state index contributed by atoms with van der Waals surface area (Å²) in [5.74, 6) is -0.240.